The molecule has 0 fully saturated rings. The van der Waals surface area contributed by atoms with Crippen molar-refractivity contribution >= 4 is 17.7 Å². The molecule has 0 saturated carbocycles. The van der Waals surface area contributed by atoms with E-state index in [-0.39, 0.29) is 11.9 Å². The summed E-state index contributed by atoms with van der Waals surface area (Å²) in [7, 11) is 0. The van der Waals surface area contributed by atoms with Crippen LogP contribution in [0.25, 0.3) is 0 Å². The van der Waals surface area contributed by atoms with Crippen molar-refractivity contribution in [3.8, 4) is 0 Å². The molecule has 1 heterocycles. The summed E-state index contributed by atoms with van der Waals surface area (Å²) in [5.41, 5.74) is 0.360. The van der Waals surface area contributed by atoms with Crippen molar-refractivity contribution in [3.63, 3.8) is 0 Å². The van der Waals surface area contributed by atoms with Crippen molar-refractivity contribution in [3.05, 3.63) is 54.0 Å². The fraction of sp³-hybridized carbons (Fsp3) is 0.455. The van der Waals surface area contributed by atoms with Crippen LogP contribution >= 0.6 is 0 Å². The molecule has 0 aliphatic heterocycles. The van der Waals surface area contributed by atoms with Crippen molar-refractivity contribution in [1.82, 2.24) is 10.2 Å². The number of carbonyl (C=O) groups is 2. The maximum atomic E-state index is 12.7. The lowest BCUT2D eigenvalue weighted by Gasteiger charge is -2.28. The monoisotopic (exact) mass is 401 g/mol. The largest absolute Gasteiger partial charge is 0.468 e. The van der Waals surface area contributed by atoms with Crippen LogP contribution < -0.4 is 10.6 Å². The van der Waals surface area contributed by atoms with E-state index >= 15 is 0 Å². The first-order valence-corrected chi connectivity index (χ1v) is 9.89. The van der Waals surface area contributed by atoms with Gasteiger partial charge in [0.1, 0.15) is 11.4 Å². The van der Waals surface area contributed by atoms with Crippen LogP contribution in [0.3, 0.4) is 0 Å². The number of ether oxygens (including phenoxy) is 1. The number of likely N-dealkylation sites (N-methyl/N-ethyl adjacent to an activating group) is 1. The van der Waals surface area contributed by atoms with Crippen LogP contribution in [0.5, 0.6) is 0 Å². The summed E-state index contributed by atoms with van der Waals surface area (Å²) in [5, 5.41) is 5.62. The molecule has 0 radical (unpaired) electrons. The van der Waals surface area contributed by atoms with Gasteiger partial charge in [0.2, 0.25) is 0 Å². The van der Waals surface area contributed by atoms with E-state index in [0.717, 1.165) is 18.8 Å². The highest BCUT2D eigenvalue weighted by Gasteiger charge is 2.22. The highest BCUT2D eigenvalue weighted by molar-refractivity contribution is 5.96. The lowest BCUT2D eigenvalue weighted by Crippen LogP contribution is -2.38. The summed E-state index contributed by atoms with van der Waals surface area (Å²) >= 11 is 0. The van der Waals surface area contributed by atoms with Gasteiger partial charge in [-0.05, 0) is 64.2 Å². The van der Waals surface area contributed by atoms with Crippen LogP contribution in [0.4, 0.5) is 10.5 Å². The second kappa shape index (κ2) is 10.1. The van der Waals surface area contributed by atoms with Crippen molar-refractivity contribution in [1.29, 1.82) is 0 Å². The van der Waals surface area contributed by atoms with Gasteiger partial charge in [0.05, 0.1) is 12.3 Å². The third-order valence-corrected chi connectivity index (χ3v) is 4.35. The number of nitrogens with zero attached hydrogens (tertiary/aromatic N) is 1. The zero-order chi connectivity index (χ0) is 21.4. The third-order valence-electron chi connectivity index (χ3n) is 4.35. The van der Waals surface area contributed by atoms with Crippen LogP contribution in [0.1, 0.15) is 56.8 Å². The third kappa shape index (κ3) is 6.94. The minimum atomic E-state index is -0.593. The van der Waals surface area contributed by atoms with E-state index in [2.05, 4.69) is 29.4 Å². The molecule has 7 nitrogen and oxygen atoms in total. The van der Waals surface area contributed by atoms with Crippen molar-refractivity contribution in [2.45, 2.75) is 46.3 Å². The smallest absolute Gasteiger partial charge is 0.412 e. The molecule has 1 unspecified atom stereocenters. The predicted molar refractivity (Wildman–Crippen MR) is 113 cm³/mol. The highest BCUT2D eigenvalue weighted by Crippen LogP contribution is 2.20. The number of carbonyl (C=O) groups excluding carboxylic acids is 2. The highest BCUT2D eigenvalue weighted by atomic mass is 16.6. The normalized spacial score (nSPS) is 12.5. The number of anilines is 1. The first-order valence-electron chi connectivity index (χ1n) is 9.89. The van der Waals surface area contributed by atoms with Gasteiger partial charge in [-0.25, -0.2) is 4.79 Å². The minimum absolute atomic E-state index is 0.0491. The number of nitrogens with one attached hydrogen (secondary N) is 2. The zero-order valence-electron chi connectivity index (χ0n) is 17.8. The maximum Gasteiger partial charge on any atom is 0.412 e. The quantitative estimate of drug-likeness (QED) is 0.683. The van der Waals surface area contributed by atoms with E-state index in [4.69, 9.17) is 9.15 Å². The predicted octanol–water partition coefficient (Wildman–Crippen LogP) is 4.44. The molecular weight excluding hydrogens is 370 g/mol. The number of amides is 2. The molecular formula is C22H31N3O4. The first-order chi connectivity index (χ1) is 13.7. The maximum absolute atomic E-state index is 12.7. The van der Waals surface area contributed by atoms with Crippen molar-refractivity contribution in [2.24, 2.45) is 0 Å². The summed E-state index contributed by atoms with van der Waals surface area (Å²) in [6.45, 7) is 11.6. The average molecular weight is 402 g/mol. The van der Waals surface area contributed by atoms with Crippen LogP contribution in [-0.4, -0.2) is 42.1 Å². The minimum Gasteiger partial charge on any atom is -0.468 e. The average Bonchev–Trinajstić information content (AvgIpc) is 3.17. The summed E-state index contributed by atoms with van der Waals surface area (Å²) in [6.07, 6.45) is 1.08. The molecule has 0 bridgehead atoms. The Balaban J connectivity index is 2.03. The fourth-order valence-corrected chi connectivity index (χ4v) is 3.01. The van der Waals surface area contributed by atoms with Gasteiger partial charge in [-0.3, -0.25) is 15.0 Å². The second-order valence-corrected chi connectivity index (χ2v) is 7.67. The molecule has 0 spiro atoms. The Morgan fingerprint density at radius 3 is 2.45 bits per heavy atom. The molecule has 2 aromatic rings. The van der Waals surface area contributed by atoms with E-state index < -0.39 is 11.7 Å². The van der Waals surface area contributed by atoms with Crippen molar-refractivity contribution < 1.29 is 18.7 Å². The van der Waals surface area contributed by atoms with E-state index in [9.17, 15) is 9.59 Å². The van der Waals surface area contributed by atoms with Crippen LogP contribution in [0.15, 0.2) is 47.1 Å². The molecule has 158 valence electrons. The van der Waals surface area contributed by atoms with Gasteiger partial charge in [0, 0.05) is 17.8 Å². The number of hydrogen-bond acceptors (Lipinski definition) is 5. The van der Waals surface area contributed by atoms with Crippen LogP contribution in [0, 0.1) is 0 Å². The van der Waals surface area contributed by atoms with Gasteiger partial charge >= 0.3 is 6.09 Å². The fourth-order valence-electron chi connectivity index (χ4n) is 3.01. The zero-order valence-corrected chi connectivity index (χ0v) is 17.8. The van der Waals surface area contributed by atoms with E-state index in [1.54, 1.807) is 51.3 Å². The van der Waals surface area contributed by atoms with Gasteiger partial charge in [-0.2, -0.15) is 0 Å². The Morgan fingerprint density at radius 1 is 1.14 bits per heavy atom. The Morgan fingerprint density at radius 2 is 1.86 bits per heavy atom. The molecule has 7 heteroatoms. The number of benzene rings is 1. The standard InChI is InChI=1S/C22H31N3O4/c1-6-25(7-2)18(19-12-9-13-28-19)15-23-20(26)16-10-8-11-17(14-16)24-21(27)29-22(3,4)5/h8-14,18H,6-7,15H2,1-5H3,(H,23,26)(H,24,27). The first kappa shape index (κ1) is 22.5. The molecule has 2 amide bonds. The molecule has 1 atom stereocenters. The van der Waals surface area contributed by atoms with Gasteiger partial charge in [0.15, 0.2) is 0 Å². The van der Waals surface area contributed by atoms with E-state index in [0.29, 0.717) is 17.8 Å². The molecule has 0 saturated heterocycles. The Labute approximate surface area is 172 Å². The number of hydrogen-bond donors (Lipinski definition) is 2. The van der Waals surface area contributed by atoms with Crippen LogP contribution in [0.2, 0.25) is 0 Å². The SMILES string of the molecule is CCN(CC)C(CNC(=O)c1cccc(NC(=O)OC(C)(C)C)c1)c1ccco1. The number of furan rings is 1. The molecule has 1 aromatic heterocycles. The Kier molecular flexibility index (Phi) is 7.84. The number of rotatable bonds is 8. The van der Waals surface area contributed by atoms with E-state index in [1.807, 2.05) is 12.1 Å². The Bertz CT molecular complexity index is 793. The lowest BCUT2D eigenvalue weighted by atomic mass is 10.1. The summed E-state index contributed by atoms with van der Waals surface area (Å²) in [4.78, 5) is 26.8. The molecule has 0 aliphatic carbocycles. The van der Waals surface area contributed by atoms with Gasteiger partial charge in [-0.1, -0.05) is 19.9 Å². The van der Waals surface area contributed by atoms with Gasteiger partial charge in [-0.15, -0.1) is 0 Å². The topological polar surface area (TPSA) is 83.8 Å². The lowest BCUT2D eigenvalue weighted by molar-refractivity contribution is 0.0635. The molecule has 1 aromatic carbocycles. The molecule has 2 N–H and O–H groups in total. The summed E-state index contributed by atoms with van der Waals surface area (Å²) in [5.74, 6) is 0.593. The van der Waals surface area contributed by atoms with Gasteiger partial charge < -0.3 is 14.5 Å². The van der Waals surface area contributed by atoms with Crippen LogP contribution in [-0.2, 0) is 4.74 Å². The second-order valence-electron chi connectivity index (χ2n) is 7.67. The summed E-state index contributed by atoms with van der Waals surface area (Å²) in [6, 6.07) is 10.5. The Hall–Kier alpha value is -2.80. The van der Waals surface area contributed by atoms with E-state index in [1.165, 1.54) is 0 Å². The van der Waals surface area contributed by atoms with Gasteiger partial charge in [0.25, 0.3) is 5.91 Å². The molecule has 0 aliphatic rings. The molecule has 2 rings (SSSR count). The van der Waals surface area contributed by atoms with Crippen molar-refractivity contribution in [2.75, 3.05) is 25.0 Å². The summed E-state index contributed by atoms with van der Waals surface area (Å²) < 4.78 is 10.8. The molecule has 29 heavy (non-hydrogen) atoms.